The van der Waals surface area contributed by atoms with E-state index in [-0.39, 0.29) is 22.5 Å². The van der Waals surface area contributed by atoms with Crippen LogP contribution in [0.25, 0.3) is 0 Å². The van der Waals surface area contributed by atoms with Crippen molar-refractivity contribution in [3.8, 4) is 0 Å². The Kier molecular flexibility index (Phi) is 5.32. The zero-order valence-corrected chi connectivity index (χ0v) is 18.1. The molecule has 0 saturated heterocycles. The summed E-state index contributed by atoms with van der Waals surface area (Å²) >= 11 is 1.65. The van der Waals surface area contributed by atoms with Crippen LogP contribution in [0.4, 0.5) is 0 Å². The van der Waals surface area contributed by atoms with Crippen LogP contribution in [0.2, 0.25) is 0 Å². The van der Waals surface area contributed by atoms with Crippen molar-refractivity contribution >= 4 is 34.9 Å². The Morgan fingerprint density at radius 3 is 2.48 bits per heavy atom. The van der Waals surface area contributed by atoms with Crippen molar-refractivity contribution in [2.75, 3.05) is 13.7 Å². The minimum Gasteiger partial charge on any atom is -0.454 e. The highest BCUT2D eigenvalue weighted by Crippen LogP contribution is 2.23. The van der Waals surface area contributed by atoms with Gasteiger partial charge in [-0.2, -0.15) is 0 Å². The largest absolute Gasteiger partial charge is 0.454 e. The number of ketones is 1. The number of benzene rings is 1. The molecule has 1 aliphatic rings. The van der Waals surface area contributed by atoms with Gasteiger partial charge < -0.3 is 9.30 Å². The number of fused-ring (bicyclic) bond motifs is 1. The van der Waals surface area contributed by atoms with Crippen molar-refractivity contribution in [3.05, 3.63) is 80.3 Å². The first-order valence-corrected chi connectivity index (χ1v) is 10.5. The Morgan fingerprint density at radius 2 is 1.77 bits per heavy atom. The molecule has 7 nitrogen and oxygen atoms in total. The summed E-state index contributed by atoms with van der Waals surface area (Å²) in [4.78, 5) is 51.4. The molecule has 0 N–H and O–H groups in total. The number of Topliss-reactive ketones (excluding diaryl/α,β-unsaturated/α-hetero) is 1. The number of aromatic nitrogens is 1. The SMILES string of the molecule is Cc1cc(C(=O)COC(=O)c2ccc3c(c2)C(=O)N(C)C3=O)c(C)n1Cc1cccs1. The maximum atomic E-state index is 12.7. The molecule has 2 amide bonds. The highest BCUT2D eigenvalue weighted by Gasteiger charge is 2.33. The van der Waals surface area contributed by atoms with Gasteiger partial charge in [0.15, 0.2) is 6.61 Å². The number of carbonyl (C=O) groups is 4. The lowest BCUT2D eigenvalue weighted by Gasteiger charge is -2.09. The van der Waals surface area contributed by atoms with Crippen LogP contribution in [0.15, 0.2) is 41.8 Å². The lowest BCUT2D eigenvalue weighted by molar-refractivity contribution is 0.0474. The second-order valence-electron chi connectivity index (χ2n) is 7.38. The van der Waals surface area contributed by atoms with Crippen LogP contribution in [-0.4, -0.2) is 46.7 Å². The van der Waals surface area contributed by atoms with Gasteiger partial charge in [0.1, 0.15) is 0 Å². The normalized spacial score (nSPS) is 12.9. The van der Waals surface area contributed by atoms with E-state index in [2.05, 4.69) is 4.57 Å². The number of amides is 2. The van der Waals surface area contributed by atoms with Crippen molar-refractivity contribution in [2.24, 2.45) is 0 Å². The maximum Gasteiger partial charge on any atom is 0.338 e. The fraction of sp³-hybridized carbons (Fsp3) is 0.217. The number of carbonyl (C=O) groups excluding carboxylic acids is 4. The van der Waals surface area contributed by atoms with Crippen molar-refractivity contribution in [1.82, 2.24) is 9.47 Å². The summed E-state index contributed by atoms with van der Waals surface area (Å²) in [5.41, 5.74) is 2.80. The number of esters is 1. The average molecular weight is 436 g/mol. The molecular formula is C23H20N2O5S. The smallest absolute Gasteiger partial charge is 0.338 e. The lowest BCUT2D eigenvalue weighted by Crippen LogP contribution is -2.24. The summed E-state index contributed by atoms with van der Waals surface area (Å²) in [6.07, 6.45) is 0. The Bertz CT molecular complexity index is 1220. The predicted molar refractivity (Wildman–Crippen MR) is 115 cm³/mol. The highest BCUT2D eigenvalue weighted by atomic mass is 32.1. The van der Waals surface area contributed by atoms with E-state index in [9.17, 15) is 19.2 Å². The highest BCUT2D eigenvalue weighted by molar-refractivity contribution is 7.09. The van der Waals surface area contributed by atoms with Crippen LogP contribution >= 0.6 is 11.3 Å². The average Bonchev–Trinajstić information content (AvgIpc) is 3.43. The molecule has 0 bridgehead atoms. The third-order valence-corrected chi connectivity index (χ3v) is 6.29. The molecule has 2 aromatic heterocycles. The number of ether oxygens (including phenoxy) is 1. The van der Waals surface area contributed by atoms with E-state index in [1.807, 2.05) is 31.4 Å². The molecule has 0 aliphatic carbocycles. The Hall–Kier alpha value is -3.52. The van der Waals surface area contributed by atoms with Crippen LogP contribution in [0.3, 0.4) is 0 Å². The molecule has 0 spiro atoms. The second kappa shape index (κ2) is 7.96. The van der Waals surface area contributed by atoms with Gasteiger partial charge in [-0.1, -0.05) is 6.07 Å². The van der Waals surface area contributed by atoms with Crippen LogP contribution in [0, 0.1) is 13.8 Å². The molecule has 0 unspecified atom stereocenters. The minimum atomic E-state index is -0.724. The van der Waals surface area contributed by atoms with E-state index in [1.54, 1.807) is 17.4 Å². The monoisotopic (exact) mass is 436 g/mol. The van der Waals surface area contributed by atoms with Crippen molar-refractivity contribution < 1.29 is 23.9 Å². The molecule has 0 saturated carbocycles. The minimum absolute atomic E-state index is 0.117. The molecule has 8 heteroatoms. The van der Waals surface area contributed by atoms with Crippen molar-refractivity contribution in [2.45, 2.75) is 20.4 Å². The van der Waals surface area contributed by atoms with E-state index in [4.69, 9.17) is 4.74 Å². The van der Waals surface area contributed by atoms with Crippen LogP contribution < -0.4 is 0 Å². The topological polar surface area (TPSA) is 85.7 Å². The van der Waals surface area contributed by atoms with E-state index in [0.717, 1.165) is 16.3 Å². The molecular weight excluding hydrogens is 416 g/mol. The molecule has 1 aliphatic heterocycles. The lowest BCUT2D eigenvalue weighted by atomic mass is 10.1. The van der Waals surface area contributed by atoms with Crippen molar-refractivity contribution in [1.29, 1.82) is 0 Å². The summed E-state index contributed by atoms with van der Waals surface area (Å²) in [6, 6.07) is 10.0. The molecule has 1 aromatic carbocycles. The predicted octanol–water partition coefficient (Wildman–Crippen LogP) is 3.48. The number of hydrogen-bond acceptors (Lipinski definition) is 6. The molecule has 4 rings (SSSR count). The summed E-state index contributed by atoms with van der Waals surface area (Å²) in [6.45, 7) is 4.07. The fourth-order valence-electron chi connectivity index (χ4n) is 3.67. The van der Waals surface area contributed by atoms with Gasteiger partial charge in [0, 0.05) is 28.9 Å². The second-order valence-corrected chi connectivity index (χ2v) is 8.41. The first-order chi connectivity index (χ1) is 14.8. The summed E-state index contributed by atoms with van der Waals surface area (Å²) in [5.74, 6) is -1.90. The molecule has 3 aromatic rings. The van der Waals surface area contributed by atoms with E-state index in [0.29, 0.717) is 12.1 Å². The number of nitrogens with zero attached hydrogens (tertiary/aromatic N) is 2. The third kappa shape index (κ3) is 3.70. The third-order valence-electron chi connectivity index (χ3n) is 5.43. The fourth-order valence-corrected chi connectivity index (χ4v) is 4.36. The van der Waals surface area contributed by atoms with Gasteiger partial charge in [0.2, 0.25) is 5.78 Å². The van der Waals surface area contributed by atoms with Crippen LogP contribution in [0.5, 0.6) is 0 Å². The van der Waals surface area contributed by atoms with Gasteiger partial charge in [0.05, 0.1) is 23.2 Å². The first kappa shape index (κ1) is 20.7. The van der Waals surface area contributed by atoms with Gasteiger partial charge >= 0.3 is 5.97 Å². The summed E-state index contributed by atoms with van der Waals surface area (Å²) < 4.78 is 7.25. The standard InChI is InChI=1S/C23H20N2O5S/c1-13-9-18(14(2)25(13)11-16-5-4-8-31-16)20(26)12-30-23(29)15-6-7-17-19(10-15)22(28)24(3)21(17)27/h4-10H,11-12H2,1-3H3. The summed E-state index contributed by atoms with van der Waals surface area (Å²) in [5, 5.41) is 2.01. The van der Waals surface area contributed by atoms with E-state index >= 15 is 0 Å². The molecule has 31 heavy (non-hydrogen) atoms. The number of thiophene rings is 1. The summed E-state index contributed by atoms with van der Waals surface area (Å²) in [7, 11) is 1.39. The van der Waals surface area contributed by atoms with Crippen LogP contribution in [-0.2, 0) is 11.3 Å². The van der Waals surface area contributed by atoms with Crippen LogP contribution in [0.1, 0.15) is 57.7 Å². The molecule has 0 radical (unpaired) electrons. The van der Waals surface area contributed by atoms with Gasteiger partial charge in [-0.05, 0) is 49.6 Å². The number of rotatable bonds is 6. The number of aryl methyl sites for hydroxylation is 1. The maximum absolute atomic E-state index is 12.7. The van der Waals surface area contributed by atoms with Gasteiger partial charge in [-0.15, -0.1) is 11.3 Å². The zero-order chi connectivity index (χ0) is 22.3. The Labute approximate surface area is 182 Å². The zero-order valence-electron chi connectivity index (χ0n) is 17.3. The first-order valence-electron chi connectivity index (χ1n) is 9.63. The van der Waals surface area contributed by atoms with E-state index in [1.165, 1.54) is 30.1 Å². The van der Waals surface area contributed by atoms with Gasteiger partial charge in [0.25, 0.3) is 11.8 Å². The number of hydrogen-bond donors (Lipinski definition) is 0. The molecule has 0 atom stereocenters. The van der Waals surface area contributed by atoms with Crippen molar-refractivity contribution in [3.63, 3.8) is 0 Å². The molecule has 3 heterocycles. The Balaban J connectivity index is 1.46. The molecule has 158 valence electrons. The Morgan fingerprint density at radius 1 is 1.03 bits per heavy atom. The number of imide groups is 1. The van der Waals surface area contributed by atoms with Gasteiger partial charge in [-0.25, -0.2) is 4.79 Å². The van der Waals surface area contributed by atoms with E-state index < -0.39 is 24.4 Å². The molecule has 0 fully saturated rings. The van der Waals surface area contributed by atoms with Gasteiger partial charge in [-0.3, -0.25) is 19.3 Å². The quantitative estimate of drug-likeness (QED) is 0.336.